The van der Waals surface area contributed by atoms with Crippen molar-refractivity contribution in [1.29, 1.82) is 0 Å². The Kier molecular flexibility index (Phi) is 9.34. The van der Waals surface area contributed by atoms with Crippen LogP contribution in [0.2, 0.25) is 0 Å². The summed E-state index contributed by atoms with van der Waals surface area (Å²) in [6, 6.07) is 3.44. The molecule has 198 valence electrons. The highest BCUT2D eigenvalue weighted by molar-refractivity contribution is 8.26. The van der Waals surface area contributed by atoms with Crippen LogP contribution in [-0.4, -0.2) is 81.2 Å². The number of hydrogen-bond donors (Lipinski definition) is 0. The van der Waals surface area contributed by atoms with Crippen molar-refractivity contribution in [3.8, 4) is 0 Å². The summed E-state index contributed by atoms with van der Waals surface area (Å²) in [5.74, 6) is -3.55. The van der Waals surface area contributed by atoms with E-state index in [-0.39, 0.29) is 9.23 Å². The van der Waals surface area contributed by atoms with Crippen LogP contribution in [0, 0.1) is 0 Å². The van der Waals surface area contributed by atoms with Crippen molar-refractivity contribution >= 4 is 64.2 Å². The summed E-state index contributed by atoms with van der Waals surface area (Å²) < 4.78 is 27.4. The van der Waals surface area contributed by atoms with Crippen LogP contribution >= 0.6 is 24.0 Å². The molecule has 2 aliphatic heterocycles. The lowest BCUT2D eigenvalue weighted by Gasteiger charge is -2.46. The lowest BCUT2D eigenvalue weighted by atomic mass is 9.96. The Hall–Kier alpha value is -3.36. The molecule has 1 aromatic heterocycles. The Morgan fingerprint density at radius 1 is 1.03 bits per heavy atom. The van der Waals surface area contributed by atoms with Crippen LogP contribution in [0.3, 0.4) is 0 Å². The van der Waals surface area contributed by atoms with Gasteiger partial charge in [-0.25, -0.2) is 0 Å². The quantitative estimate of drug-likeness (QED) is 0.208. The van der Waals surface area contributed by atoms with Crippen molar-refractivity contribution in [3.63, 3.8) is 0 Å². The Bertz CT molecular complexity index is 1130. The van der Waals surface area contributed by atoms with Crippen molar-refractivity contribution in [1.82, 2.24) is 9.88 Å². The van der Waals surface area contributed by atoms with E-state index in [1.165, 1.54) is 0 Å². The fourth-order valence-corrected chi connectivity index (χ4v) is 5.04. The molecular weight excluding hydrogens is 528 g/mol. The van der Waals surface area contributed by atoms with E-state index in [0.29, 0.717) is 5.56 Å². The van der Waals surface area contributed by atoms with Crippen LogP contribution in [0.15, 0.2) is 29.4 Å². The van der Waals surface area contributed by atoms with Crippen LogP contribution in [0.1, 0.15) is 33.3 Å². The van der Waals surface area contributed by atoms with Gasteiger partial charge in [-0.3, -0.25) is 33.9 Å². The van der Waals surface area contributed by atoms with Gasteiger partial charge >= 0.3 is 23.9 Å². The number of rotatable bonds is 7. The highest BCUT2D eigenvalue weighted by atomic mass is 32.2. The van der Waals surface area contributed by atoms with E-state index in [2.05, 4.69) is 4.98 Å². The summed E-state index contributed by atoms with van der Waals surface area (Å²) in [7, 11) is 0. The molecule has 2 fully saturated rings. The Balaban J connectivity index is 2.05. The number of pyridine rings is 1. The highest BCUT2D eigenvalue weighted by Crippen LogP contribution is 2.39. The van der Waals surface area contributed by atoms with E-state index in [1.807, 2.05) is 0 Å². The summed E-state index contributed by atoms with van der Waals surface area (Å²) in [6.45, 7) is 4.08. The van der Waals surface area contributed by atoms with E-state index >= 15 is 0 Å². The third-order valence-electron chi connectivity index (χ3n) is 5.03. The number of thioether (sulfide) groups is 1. The second-order valence-electron chi connectivity index (χ2n) is 7.93. The lowest BCUT2D eigenvalue weighted by molar-refractivity contribution is -0.268. The molecule has 0 aliphatic carbocycles. The number of ether oxygens (including phenoxy) is 5. The summed E-state index contributed by atoms with van der Waals surface area (Å²) in [5.41, 5.74) is 0.643. The molecule has 0 radical (unpaired) electrons. The van der Waals surface area contributed by atoms with Gasteiger partial charge in [-0.2, -0.15) is 0 Å². The molecule has 0 aromatic carbocycles. The molecule has 1 aromatic rings. The van der Waals surface area contributed by atoms with Crippen molar-refractivity contribution in [2.75, 3.05) is 6.61 Å². The number of nitrogens with zero attached hydrogens (tertiary/aromatic N) is 2. The van der Waals surface area contributed by atoms with Gasteiger partial charge in [-0.1, -0.05) is 30.0 Å². The molecule has 1 amide bonds. The first-order chi connectivity index (χ1) is 17.5. The number of amides is 1. The minimum absolute atomic E-state index is 0.0704. The molecule has 2 saturated heterocycles. The molecule has 3 heterocycles. The molecule has 12 nitrogen and oxygen atoms in total. The van der Waals surface area contributed by atoms with Crippen molar-refractivity contribution < 1.29 is 47.7 Å². The Labute approximate surface area is 221 Å². The monoisotopic (exact) mass is 552 g/mol. The zero-order valence-electron chi connectivity index (χ0n) is 20.3. The standard InChI is InChI=1S/C23H24N2O10S2/c1-11(26)31-10-16-18(32-12(2)27)19(33-13(3)28)20(34-14(4)29)22(35-16)25-21(30)17(37-23(25)36)8-15-6-5-7-24-9-15/h5-9,16,18-20,22H,10H2,1-4H3. The van der Waals surface area contributed by atoms with Crippen LogP contribution in [0.4, 0.5) is 0 Å². The average Bonchev–Trinajstić information content (AvgIpc) is 3.07. The van der Waals surface area contributed by atoms with Crippen molar-refractivity contribution in [3.05, 3.63) is 35.0 Å². The third-order valence-corrected chi connectivity index (χ3v) is 6.36. The molecule has 0 spiro atoms. The van der Waals surface area contributed by atoms with Crippen LogP contribution in [-0.2, 0) is 47.7 Å². The van der Waals surface area contributed by atoms with Gasteiger partial charge in [0.25, 0.3) is 5.91 Å². The highest BCUT2D eigenvalue weighted by Gasteiger charge is 2.56. The van der Waals surface area contributed by atoms with E-state index in [4.69, 9.17) is 35.9 Å². The number of aromatic nitrogens is 1. The van der Waals surface area contributed by atoms with Gasteiger partial charge in [-0.05, 0) is 17.7 Å². The maximum atomic E-state index is 13.4. The molecule has 0 saturated carbocycles. The summed E-state index contributed by atoms with van der Waals surface area (Å²) in [6.07, 6.45) is -2.10. The predicted octanol–water partition coefficient (Wildman–Crippen LogP) is 1.37. The van der Waals surface area contributed by atoms with E-state index in [1.54, 1.807) is 30.6 Å². The first-order valence-electron chi connectivity index (χ1n) is 11.0. The van der Waals surface area contributed by atoms with Crippen molar-refractivity contribution in [2.45, 2.75) is 58.3 Å². The lowest BCUT2D eigenvalue weighted by Crippen LogP contribution is -2.66. The summed E-state index contributed by atoms with van der Waals surface area (Å²) in [4.78, 5) is 66.2. The zero-order valence-corrected chi connectivity index (χ0v) is 21.9. The number of carbonyl (C=O) groups excluding carboxylic acids is 5. The Morgan fingerprint density at radius 3 is 2.22 bits per heavy atom. The van der Waals surface area contributed by atoms with Crippen LogP contribution in [0.5, 0.6) is 0 Å². The van der Waals surface area contributed by atoms with Gasteiger partial charge in [0.2, 0.25) is 0 Å². The van der Waals surface area contributed by atoms with Gasteiger partial charge in [0.1, 0.15) is 12.7 Å². The van der Waals surface area contributed by atoms with Gasteiger partial charge < -0.3 is 23.7 Å². The normalized spacial score (nSPS) is 26.5. The molecular formula is C23H24N2O10S2. The van der Waals surface area contributed by atoms with Crippen molar-refractivity contribution in [2.24, 2.45) is 0 Å². The zero-order chi connectivity index (χ0) is 27.3. The molecule has 37 heavy (non-hydrogen) atoms. The van der Waals surface area contributed by atoms with E-state index in [9.17, 15) is 24.0 Å². The summed E-state index contributed by atoms with van der Waals surface area (Å²) >= 11 is 6.42. The number of hydrogen-bond acceptors (Lipinski definition) is 13. The van der Waals surface area contributed by atoms with Gasteiger partial charge in [0.05, 0.1) is 4.91 Å². The fraction of sp³-hybridized carbons (Fsp3) is 0.435. The summed E-state index contributed by atoms with van der Waals surface area (Å²) in [5, 5.41) is 0. The molecule has 5 unspecified atom stereocenters. The number of esters is 4. The topological polar surface area (TPSA) is 148 Å². The third kappa shape index (κ3) is 7.11. The smallest absolute Gasteiger partial charge is 0.303 e. The second kappa shape index (κ2) is 12.3. The molecule has 0 bridgehead atoms. The maximum Gasteiger partial charge on any atom is 0.303 e. The minimum atomic E-state index is -1.44. The van der Waals surface area contributed by atoms with Crippen LogP contribution in [0.25, 0.3) is 6.08 Å². The van der Waals surface area contributed by atoms with Gasteiger partial charge in [0, 0.05) is 40.1 Å². The minimum Gasteiger partial charge on any atom is -0.463 e. The second-order valence-corrected chi connectivity index (χ2v) is 9.60. The van der Waals surface area contributed by atoms with E-state index in [0.717, 1.165) is 44.4 Å². The number of carbonyl (C=O) groups is 5. The van der Waals surface area contributed by atoms with Gasteiger partial charge in [-0.15, -0.1) is 0 Å². The average molecular weight is 553 g/mol. The molecule has 2 aliphatic rings. The molecule has 5 atom stereocenters. The maximum absolute atomic E-state index is 13.4. The molecule has 14 heteroatoms. The molecule has 0 N–H and O–H groups in total. The first kappa shape index (κ1) is 28.2. The van der Waals surface area contributed by atoms with Gasteiger partial charge in [0.15, 0.2) is 28.9 Å². The molecule has 3 rings (SSSR count). The van der Waals surface area contributed by atoms with Crippen LogP contribution < -0.4 is 0 Å². The number of thiocarbonyl (C=S) groups is 1. The Morgan fingerprint density at radius 2 is 1.65 bits per heavy atom. The SMILES string of the molecule is CC(=O)OCC1OC(N2C(=O)C(=Cc3cccnc3)SC2=S)C(OC(C)=O)C(OC(C)=O)C1OC(C)=O. The first-order valence-corrected chi connectivity index (χ1v) is 12.2. The largest absolute Gasteiger partial charge is 0.463 e. The predicted molar refractivity (Wildman–Crippen MR) is 131 cm³/mol. The fourth-order valence-electron chi connectivity index (χ4n) is 3.73. The van der Waals surface area contributed by atoms with E-state index < -0.39 is 67.0 Å².